The van der Waals surface area contributed by atoms with Crippen molar-refractivity contribution in [3.05, 3.63) is 66.1 Å². The quantitative estimate of drug-likeness (QED) is 0.789. The molecule has 0 atom stereocenters. The molecule has 4 heteroatoms. The van der Waals surface area contributed by atoms with E-state index >= 15 is 0 Å². The van der Waals surface area contributed by atoms with E-state index in [1.54, 1.807) is 30.5 Å². The second kappa shape index (κ2) is 5.27. The molecule has 0 fully saturated rings. The first kappa shape index (κ1) is 12.6. The van der Waals surface area contributed by atoms with Gasteiger partial charge in [-0.15, -0.1) is 0 Å². The summed E-state index contributed by atoms with van der Waals surface area (Å²) < 4.78 is 19.4. The largest absolute Gasteiger partial charge is 0.454 e. The fraction of sp³-hybridized carbons (Fsp3) is 0.0625. The maximum Gasteiger partial charge on any atom is 0.166 e. The number of halogens is 1. The molecule has 0 saturated carbocycles. The Morgan fingerprint density at radius 2 is 2.00 bits per heavy atom. The van der Waals surface area contributed by atoms with Crippen LogP contribution in [0.4, 0.5) is 4.39 Å². The summed E-state index contributed by atoms with van der Waals surface area (Å²) in [5.41, 5.74) is 7.01. The smallest absolute Gasteiger partial charge is 0.166 e. The highest BCUT2D eigenvalue weighted by atomic mass is 19.1. The summed E-state index contributed by atoms with van der Waals surface area (Å²) in [6, 6.07) is 14.0. The highest BCUT2D eigenvalue weighted by molar-refractivity contribution is 5.79. The molecule has 0 saturated heterocycles. The molecule has 20 heavy (non-hydrogen) atoms. The highest BCUT2D eigenvalue weighted by Crippen LogP contribution is 2.27. The lowest BCUT2D eigenvalue weighted by Gasteiger charge is -2.08. The van der Waals surface area contributed by atoms with Gasteiger partial charge in [-0.05, 0) is 35.9 Å². The predicted octanol–water partition coefficient (Wildman–Crippen LogP) is 3.62. The van der Waals surface area contributed by atoms with Gasteiger partial charge in [-0.1, -0.05) is 12.1 Å². The second-order valence-electron chi connectivity index (χ2n) is 4.43. The van der Waals surface area contributed by atoms with Crippen molar-refractivity contribution < 1.29 is 9.13 Å². The van der Waals surface area contributed by atoms with Crippen molar-refractivity contribution in [1.29, 1.82) is 0 Å². The molecule has 3 aromatic rings. The summed E-state index contributed by atoms with van der Waals surface area (Å²) in [4.78, 5) is 4.24. The maximum absolute atomic E-state index is 13.8. The summed E-state index contributed by atoms with van der Waals surface area (Å²) >= 11 is 0. The van der Waals surface area contributed by atoms with Crippen molar-refractivity contribution >= 4 is 10.9 Å². The zero-order valence-corrected chi connectivity index (χ0v) is 10.7. The van der Waals surface area contributed by atoms with Crippen LogP contribution in [0.15, 0.2) is 54.7 Å². The standard InChI is InChI=1S/C16H13FN2O/c17-14-8-11(10-18)3-6-16(14)20-13-5-4-12-2-1-7-19-15(12)9-13/h1-9H,10,18H2. The van der Waals surface area contributed by atoms with Gasteiger partial charge in [0, 0.05) is 24.2 Å². The fourth-order valence-electron chi connectivity index (χ4n) is 1.99. The Morgan fingerprint density at radius 3 is 2.80 bits per heavy atom. The minimum atomic E-state index is -0.422. The number of nitrogens with zero attached hydrogens (tertiary/aromatic N) is 1. The van der Waals surface area contributed by atoms with Crippen molar-refractivity contribution in [2.24, 2.45) is 5.73 Å². The molecule has 2 aromatic carbocycles. The molecular weight excluding hydrogens is 255 g/mol. The SMILES string of the molecule is NCc1ccc(Oc2ccc3cccnc3c2)c(F)c1. The Kier molecular flexibility index (Phi) is 3.31. The summed E-state index contributed by atoms with van der Waals surface area (Å²) in [7, 11) is 0. The molecule has 0 aliphatic rings. The third kappa shape index (κ3) is 2.46. The Labute approximate surface area is 115 Å². The van der Waals surface area contributed by atoms with Crippen molar-refractivity contribution in [1.82, 2.24) is 4.98 Å². The zero-order valence-electron chi connectivity index (χ0n) is 10.7. The van der Waals surface area contributed by atoms with Gasteiger partial charge in [0.2, 0.25) is 0 Å². The van der Waals surface area contributed by atoms with Crippen LogP contribution < -0.4 is 10.5 Å². The van der Waals surface area contributed by atoms with E-state index in [-0.39, 0.29) is 5.75 Å². The van der Waals surface area contributed by atoms with Crippen LogP contribution in [-0.4, -0.2) is 4.98 Å². The molecule has 0 unspecified atom stereocenters. The molecule has 1 aromatic heterocycles. The average Bonchev–Trinajstić information content (AvgIpc) is 2.49. The third-order valence-electron chi connectivity index (χ3n) is 3.04. The molecule has 0 aliphatic heterocycles. The van der Waals surface area contributed by atoms with Gasteiger partial charge in [0.25, 0.3) is 0 Å². The number of aromatic nitrogens is 1. The second-order valence-corrected chi connectivity index (χ2v) is 4.43. The molecule has 0 aliphatic carbocycles. The molecule has 0 radical (unpaired) electrons. The van der Waals surface area contributed by atoms with Gasteiger partial charge in [-0.2, -0.15) is 0 Å². The normalized spacial score (nSPS) is 10.7. The van der Waals surface area contributed by atoms with E-state index in [4.69, 9.17) is 10.5 Å². The predicted molar refractivity (Wildman–Crippen MR) is 76.1 cm³/mol. The first-order valence-corrected chi connectivity index (χ1v) is 6.27. The summed E-state index contributed by atoms with van der Waals surface area (Å²) in [5.74, 6) is 0.308. The first-order chi connectivity index (χ1) is 9.76. The lowest BCUT2D eigenvalue weighted by atomic mass is 10.2. The van der Waals surface area contributed by atoms with Crippen molar-refractivity contribution in [2.75, 3.05) is 0 Å². The van der Waals surface area contributed by atoms with Gasteiger partial charge in [-0.3, -0.25) is 4.98 Å². The summed E-state index contributed by atoms with van der Waals surface area (Å²) in [6.45, 7) is 0.303. The Balaban J connectivity index is 1.92. The third-order valence-corrected chi connectivity index (χ3v) is 3.04. The van der Waals surface area contributed by atoms with E-state index in [9.17, 15) is 4.39 Å². The highest BCUT2D eigenvalue weighted by Gasteiger charge is 2.06. The van der Waals surface area contributed by atoms with Crippen LogP contribution >= 0.6 is 0 Å². The number of nitrogens with two attached hydrogens (primary N) is 1. The number of rotatable bonds is 3. The van der Waals surface area contributed by atoms with Crippen LogP contribution in [-0.2, 0) is 6.54 Å². The van der Waals surface area contributed by atoms with Crippen LogP contribution in [0.2, 0.25) is 0 Å². The van der Waals surface area contributed by atoms with Crippen LogP contribution in [0.1, 0.15) is 5.56 Å². The number of hydrogen-bond donors (Lipinski definition) is 1. The Hall–Kier alpha value is -2.46. The van der Waals surface area contributed by atoms with Gasteiger partial charge in [-0.25, -0.2) is 4.39 Å². The van der Waals surface area contributed by atoms with Crippen LogP contribution in [0, 0.1) is 5.82 Å². The number of pyridine rings is 1. The van der Waals surface area contributed by atoms with E-state index in [1.807, 2.05) is 18.2 Å². The van der Waals surface area contributed by atoms with E-state index < -0.39 is 5.82 Å². The van der Waals surface area contributed by atoms with E-state index in [1.165, 1.54) is 6.07 Å². The number of hydrogen-bond acceptors (Lipinski definition) is 3. The lowest BCUT2D eigenvalue weighted by Crippen LogP contribution is -1.97. The minimum absolute atomic E-state index is 0.178. The first-order valence-electron chi connectivity index (χ1n) is 6.27. The summed E-state index contributed by atoms with van der Waals surface area (Å²) in [5, 5.41) is 1.01. The number of fused-ring (bicyclic) bond motifs is 1. The fourth-order valence-corrected chi connectivity index (χ4v) is 1.99. The van der Waals surface area contributed by atoms with Crippen LogP contribution in [0.5, 0.6) is 11.5 Å². The van der Waals surface area contributed by atoms with Gasteiger partial charge in [0.05, 0.1) is 5.52 Å². The molecule has 0 spiro atoms. The summed E-state index contributed by atoms with van der Waals surface area (Å²) in [6.07, 6.45) is 1.71. The Bertz CT molecular complexity index is 758. The van der Waals surface area contributed by atoms with Gasteiger partial charge in [0.15, 0.2) is 11.6 Å². The molecular formula is C16H13FN2O. The lowest BCUT2D eigenvalue weighted by molar-refractivity contribution is 0.442. The molecule has 0 amide bonds. The monoisotopic (exact) mass is 268 g/mol. The van der Waals surface area contributed by atoms with Gasteiger partial charge in [0.1, 0.15) is 5.75 Å². The van der Waals surface area contributed by atoms with Gasteiger partial charge >= 0.3 is 0 Å². The molecule has 2 N–H and O–H groups in total. The van der Waals surface area contributed by atoms with E-state index in [2.05, 4.69) is 4.98 Å². The molecule has 1 heterocycles. The number of benzene rings is 2. The molecule has 100 valence electrons. The molecule has 3 nitrogen and oxygen atoms in total. The van der Waals surface area contributed by atoms with Crippen molar-refractivity contribution in [3.8, 4) is 11.5 Å². The zero-order chi connectivity index (χ0) is 13.9. The maximum atomic E-state index is 13.8. The van der Waals surface area contributed by atoms with E-state index in [0.717, 1.165) is 16.5 Å². The van der Waals surface area contributed by atoms with E-state index in [0.29, 0.717) is 12.3 Å². The molecule has 0 bridgehead atoms. The average molecular weight is 268 g/mol. The number of ether oxygens (including phenoxy) is 1. The van der Waals surface area contributed by atoms with Crippen LogP contribution in [0.3, 0.4) is 0 Å². The Morgan fingerprint density at radius 1 is 1.10 bits per heavy atom. The topological polar surface area (TPSA) is 48.1 Å². The van der Waals surface area contributed by atoms with Crippen molar-refractivity contribution in [2.45, 2.75) is 6.54 Å². The van der Waals surface area contributed by atoms with Crippen LogP contribution in [0.25, 0.3) is 10.9 Å². The minimum Gasteiger partial charge on any atom is -0.454 e. The molecule has 3 rings (SSSR count). The van der Waals surface area contributed by atoms with Crippen molar-refractivity contribution in [3.63, 3.8) is 0 Å². The van der Waals surface area contributed by atoms with Gasteiger partial charge < -0.3 is 10.5 Å².